The number of carbonyl (C=O) groups is 1. The maximum Gasteiger partial charge on any atom is 0.222 e. The molecule has 3 rings (SSSR count). The molecule has 124 valence electrons. The van der Waals surface area contributed by atoms with Gasteiger partial charge >= 0.3 is 0 Å². The highest BCUT2D eigenvalue weighted by atomic mass is 19.1. The first-order chi connectivity index (χ1) is 11.7. The van der Waals surface area contributed by atoms with Crippen LogP contribution >= 0.6 is 0 Å². The number of nitrogens with one attached hydrogen (secondary N) is 1. The third-order valence-corrected chi connectivity index (χ3v) is 3.83. The largest absolute Gasteiger partial charge is 0.497 e. The van der Waals surface area contributed by atoms with Crippen LogP contribution in [0.5, 0.6) is 5.75 Å². The van der Waals surface area contributed by atoms with Gasteiger partial charge in [-0.3, -0.25) is 9.48 Å². The van der Waals surface area contributed by atoms with Gasteiger partial charge in [-0.1, -0.05) is 18.2 Å². The first-order valence-electron chi connectivity index (χ1n) is 7.67. The summed E-state index contributed by atoms with van der Waals surface area (Å²) < 4.78 is 20.5. The van der Waals surface area contributed by atoms with Crippen LogP contribution in [0.1, 0.15) is 12.0 Å². The molecule has 0 saturated heterocycles. The topological polar surface area (TPSA) is 56.2 Å². The number of amides is 1. The Labute approximate surface area is 139 Å². The maximum absolute atomic E-state index is 13.5. The SMILES string of the molecule is COc1ccc2c(cnn2CCC(=O)NCc2ccccc2F)c1. The number of nitrogens with zero attached hydrogens (tertiary/aromatic N) is 2. The number of aromatic nitrogens is 2. The van der Waals surface area contributed by atoms with E-state index in [0.717, 1.165) is 16.7 Å². The van der Waals surface area contributed by atoms with Crippen molar-refractivity contribution in [3.63, 3.8) is 0 Å². The van der Waals surface area contributed by atoms with E-state index in [9.17, 15) is 9.18 Å². The Morgan fingerprint density at radius 3 is 2.92 bits per heavy atom. The van der Waals surface area contributed by atoms with E-state index in [-0.39, 0.29) is 24.7 Å². The van der Waals surface area contributed by atoms with Gasteiger partial charge in [-0.05, 0) is 24.3 Å². The van der Waals surface area contributed by atoms with Gasteiger partial charge in [-0.25, -0.2) is 4.39 Å². The molecular weight excluding hydrogens is 309 g/mol. The first-order valence-corrected chi connectivity index (χ1v) is 7.67. The molecule has 1 amide bonds. The summed E-state index contributed by atoms with van der Waals surface area (Å²) >= 11 is 0. The Balaban J connectivity index is 1.57. The molecule has 5 nitrogen and oxygen atoms in total. The van der Waals surface area contributed by atoms with Crippen LogP contribution < -0.4 is 10.1 Å². The van der Waals surface area contributed by atoms with E-state index in [0.29, 0.717) is 12.1 Å². The number of hydrogen-bond acceptors (Lipinski definition) is 3. The predicted molar refractivity (Wildman–Crippen MR) is 89.1 cm³/mol. The molecule has 3 aromatic rings. The maximum atomic E-state index is 13.5. The fourth-order valence-corrected chi connectivity index (χ4v) is 2.50. The summed E-state index contributed by atoms with van der Waals surface area (Å²) in [4.78, 5) is 12.0. The second-order valence-electron chi connectivity index (χ2n) is 5.41. The highest BCUT2D eigenvalue weighted by Gasteiger charge is 2.08. The third-order valence-electron chi connectivity index (χ3n) is 3.83. The number of fused-ring (bicyclic) bond motifs is 1. The minimum Gasteiger partial charge on any atom is -0.497 e. The van der Waals surface area contributed by atoms with Gasteiger partial charge in [0.25, 0.3) is 0 Å². The van der Waals surface area contributed by atoms with Crippen molar-refractivity contribution in [2.45, 2.75) is 19.5 Å². The monoisotopic (exact) mass is 327 g/mol. The zero-order valence-corrected chi connectivity index (χ0v) is 13.3. The van der Waals surface area contributed by atoms with Crippen LogP contribution in [-0.4, -0.2) is 22.8 Å². The molecule has 0 aliphatic rings. The van der Waals surface area contributed by atoms with Crippen LogP contribution in [0.2, 0.25) is 0 Å². The van der Waals surface area contributed by atoms with Crippen LogP contribution in [0.25, 0.3) is 10.9 Å². The Bertz CT molecular complexity index is 860. The summed E-state index contributed by atoms with van der Waals surface area (Å²) in [5.41, 5.74) is 1.42. The molecule has 0 saturated carbocycles. The summed E-state index contributed by atoms with van der Waals surface area (Å²) in [6.07, 6.45) is 2.02. The molecule has 0 unspecified atom stereocenters. The summed E-state index contributed by atoms with van der Waals surface area (Å²) in [6.45, 7) is 0.640. The lowest BCUT2D eigenvalue weighted by Crippen LogP contribution is -2.24. The Hall–Kier alpha value is -2.89. The lowest BCUT2D eigenvalue weighted by molar-refractivity contribution is -0.121. The fourth-order valence-electron chi connectivity index (χ4n) is 2.50. The van der Waals surface area contributed by atoms with Gasteiger partial charge in [0, 0.05) is 23.9 Å². The highest BCUT2D eigenvalue weighted by Crippen LogP contribution is 2.20. The van der Waals surface area contributed by atoms with Crippen LogP contribution in [0, 0.1) is 5.82 Å². The summed E-state index contributed by atoms with van der Waals surface area (Å²) in [5, 5.41) is 7.98. The van der Waals surface area contributed by atoms with Gasteiger partial charge in [-0.15, -0.1) is 0 Å². The first kappa shape index (κ1) is 16.0. The lowest BCUT2D eigenvalue weighted by Gasteiger charge is -2.07. The van der Waals surface area contributed by atoms with Gasteiger partial charge in [0.2, 0.25) is 5.91 Å². The Kier molecular flexibility index (Phi) is 4.74. The van der Waals surface area contributed by atoms with Crippen LogP contribution in [0.4, 0.5) is 4.39 Å². The van der Waals surface area contributed by atoms with Crippen molar-refractivity contribution in [3.8, 4) is 5.75 Å². The number of hydrogen-bond donors (Lipinski definition) is 1. The molecule has 1 N–H and O–H groups in total. The minimum atomic E-state index is -0.315. The predicted octanol–water partition coefficient (Wildman–Crippen LogP) is 2.89. The van der Waals surface area contributed by atoms with Gasteiger partial charge in [0.05, 0.1) is 25.4 Å². The number of aryl methyl sites for hydroxylation is 1. The Morgan fingerprint density at radius 1 is 1.29 bits per heavy atom. The molecule has 0 fully saturated rings. The number of benzene rings is 2. The normalized spacial score (nSPS) is 10.8. The lowest BCUT2D eigenvalue weighted by atomic mass is 10.2. The number of methoxy groups -OCH3 is 1. The summed E-state index contributed by atoms with van der Waals surface area (Å²) in [6, 6.07) is 12.1. The smallest absolute Gasteiger partial charge is 0.222 e. The van der Waals surface area contributed by atoms with Crippen molar-refractivity contribution in [1.29, 1.82) is 0 Å². The molecule has 0 atom stereocenters. The molecular formula is C18H18FN3O2. The molecule has 6 heteroatoms. The van der Waals surface area contributed by atoms with Crippen molar-refractivity contribution in [2.75, 3.05) is 7.11 Å². The average molecular weight is 327 g/mol. The zero-order chi connectivity index (χ0) is 16.9. The van der Waals surface area contributed by atoms with Crippen LogP contribution in [0.15, 0.2) is 48.7 Å². The highest BCUT2D eigenvalue weighted by molar-refractivity contribution is 5.80. The molecule has 24 heavy (non-hydrogen) atoms. The standard InChI is InChI=1S/C18H18FN3O2/c1-24-15-6-7-17-14(10-15)12-21-22(17)9-8-18(23)20-11-13-4-2-3-5-16(13)19/h2-7,10,12H,8-9,11H2,1H3,(H,20,23). The van der Waals surface area contributed by atoms with Crippen molar-refractivity contribution < 1.29 is 13.9 Å². The molecule has 0 aliphatic heterocycles. The van der Waals surface area contributed by atoms with E-state index in [2.05, 4.69) is 10.4 Å². The number of ether oxygens (including phenoxy) is 1. The second kappa shape index (κ2) is 7.12. The van der Waals surface area contributed by atoms with Gasteiger partial charge in [0.1, 0.15) is 11.6 Å². The quantitative estimate of drug-likeness (QED) is 0.757. The molecule has 0 bridgehead atoms. The Morgan fingerprint density at radius 2 is 2.12 bits per heavy atom. The molecule has 0 radical (unpaired) electrons. The number of rotatable bonds is 6. The van der Waals surface area contributed by atoms with Crippen molar-refractivity contribution in [2.24, 2.45) is 0 Å². The van der Waals surface area contributed by atoms with Crippen LogP contribution in [-0.2, 0) is 17.9 Å². The van der Waals surface area contributed by atoms with E-state index < -0.39 is 0 Å². The second-order valence-corrected chi connectivity index (χ2v) is 5.41. The van der Waals surface area contributed by atoms with Crippen molar-refractivity contribution in [1.82, 2.24) is 15.1 Å². The van der Waals surface area contributed by atoms with E-state index in [1.165, 1.54) is 6.07 Å². The molecule has 1 heterocycles. The molecule has 1 aromatic heterocycles. The number of carbonyl (C=O) groups excluding carboxylic acids is 1. The third kappa shape index (κ3) is 3.53. The van der Waals surface area contributed by atoms with E-state index in [1.54, 1.807) is 36.2 Å². The zero-order valence-electron chi connectivity index (χ0n) is 13.3. The van der Waals surface area contributed by atoms with Gasteiger partial charge in [0.15, 0.2) is 0 Å². The number of halogens is 1. The van der Waals surface area contributed by atoms with Gasteiger partial charge < -0.3 is 10.1 Å². The summed E-state index contributed by atoms with van der Waals surface area (Å²) in [5.74, 6) is 0.310. The van der Waals surface area contributed by atoms with Crippen LogP contribution in [0.3, 0.4) is 0 Å². The van der Waals surface area contributed by atoms with E-state index in [1.807, 2.05) is 18.2 Å². The molecule has 0 aliphatic carbocycles. The summed E-state index contributed by atoms with van der Waals surface area (Å²) in [7, 11) is 1.62. The van der Waals surface area contributed by atoms with Gasteiger partial charge in [-0.2, -0.15) is 5.10 Å². The van der Waals surface area contributed by atoms with Crippen molar-refractivity contribution >= 4 is 16.8 Å². The average Bonchev–Trinajstić information content (AvgIpc) is 3.01. The van der Waals surface area contributed by atoms with Crippen molar-refractivity contribution in [3.05, 3.63) is 60.0 Å². The minimum absolute atomic E-state index is 0.143. The van der Waals surface area contributed by atoms with E-state index >= 15 is 0 Å². The van der Waals surface area contributed by atoms with E-state index in [4.69, 9.17) is 4.74 Å². The molecule has 2 aromatic carbocycles. The fraction of sp³-hybridized carbons (Fsp3) is 0.222. The molecule has 0 spiro atoms.